The fraction of sp³-hybridized carbons (Fsp3) is 0.0385. The number of hydrogen-bond acceptors (Lipinski definition) is 4. The van der Waals surface area contributed by atoms with Gasteiger partial charge in [-0.25, -0.2) is 15.0 Å². The van der Waals surface area contributed by atoms with Crippen molar-refractivity contribution < 1.29 is 0 Å². The van der Waals surface area contributed by atoms with E-state index < -0.39 is 0 Å². The summed E-state index contributed by atoms with van der Waals surface area (Å²) in [7, 11) is 0. The van der Waals surface area contributed by atoms with Gasteiger partial charge in [0.1, 0.15) is 5.82 Å². The smallest absolute Gasteiger partial charge is 0.160 e. The first-order chi connectivity index (χ1) is 41.5. The van der Waals surface area contributed by atoms with Crippen LogP contribution in [0.5, 0.6) is 0 Å². The first kappa shape index (κ1) is 48.2. The topological polar surface area (TPSA) is 48.5 Å². The van der Waals surface area contributed by atoms with E-state index in [9.17, 15) is 0 Å². The van der Waals surface area contributed by atoms with Gasteiger partial charge >= 0.3 is 0 Å². The van der Waals surface area contributed by atoms with Crippen LogP contribution >= 0.6 is 11.3 Å². The van der Waals surface area contributed by atoms with Crippen molar-refractivity contribution in [1.29, 1.82) is 0 Å². The van der Waals surface area contributed by atoms with Crippen LogP contribution in [0.4, 0.5) is 0 Å². The highest BCUT2D eigenvalue weighted by molar-refractivity contribution is 7.26. The van der Waals surface area contributed by atoms with Crippen LogP contribution in [0.25, 0.3) is 143 Å². The van der Waals surface area contributed by atoms with Crippen molar-refractivity contribution in [1.82, 2.24) is 24.1 Å². The molecule has 0 fully saturated rings. The lowest BCUT2D eigenvalue weighted by molar-refractivity contribution is 0.583. The summed E-state index contributed by atoms with van der Waals surface area (Å²) in [6.07, 6.45) is 0.817. The second-order valence-corrected chi connectivity index (χ2v) is 23.6. The van der Waals surface area contributed by atoms with Crippen LogP contribution in [0, 0.1) is 0 Å². The van der Waals surface area contributed by atoms with Gasteiger partial charge in [0.2, 0.25) is 0 Å². The number of fused-ring (bicyclic) bond motifs is 13. The third-order valence-corrected chi connectivity index (χ3v) is 18.8. The van der Waals surface area contributed by atoms with Crippen LogP contribution in [0.15, 0.2) is 279 Å². The molecule has 0 N–H and O–H groups in total. The molecule has 0 unspecified atom stereocenters. The van der Waals surface area contributed by atoms with Crippen LogP contribution in [0.2, 0.25) is 0 Å². The van der Waals surface area contributed by atoms with E-state index in [-0.39, 0.29) is 5.41 Å². The zero-order chi connectivity index (χ0) is 55.5. The Hall–Kier alpha value is -10.5. The molecule has 0 aliphatic heterocycles. The van der Waals surface area contributed by atoms with Crippen molar-refractivity contribution >= 4 is 75.1 Å². The second-order valence-electron chi connectivity index (χ2n) is 22.5. The molecule has 16 aromatic rings. The minimum atomic E-state index is -0.324. The highest BCUT2D eigenvalue weighted by atomic mass is 32.1. The molecule has 394 valence electrons. The SMILES string of the molecule is C[C@]1(Cc2cccc(-c3cc(-c4ccccc4)nc(-n4c5ccccc5c5ccc6c7ccccc7sc6c54)c3)c2)c2ccccc2-c2cc3c(cc21)c1ccccc1n3-c1ccc(-c2cc(-c3ccccc3)nc(-c3ccccc3)n2)cc1. The zero-order valence-electron chi connectivity index (χ0n) is 45.9. The fourth-order valence-electron chi connectivity index (χ4n) is 13.6. The third kappa shape index (κ3) is 7.64. The lowest BCUT2D eigenvalue weighted by atomic mass is 9.75. The zero-order valence-corrected chi connectivity index (χ0v) is 46.7. The van der Waals surface area contributed by atoms with Gasteiger partial charge in [-0.05, 0) is 106 Å². The average molecular weight is 1090 g/mol. The van der Waals surface area contributed by atoms with Gasteiger partial charge in [0.05, 0.1) is 43.8 Å². The summed E-state index contributed by atoms with van der Waals surface area (Å²) in [5.74, 6) is 1.61. The number of aromatic nitrogens is 5. The predicted molar refractivity (Wildman–Crippen MR) is 351 cm³/mol. The molecule has 11 aromatic carbocycles. The van der Waals surface area contributed by atoms with Gasteiger partial charge in [-0.2, -0.15) is 0 Å². The van der Waals surface area contributed by atoms with Crippen molar-refractivity contribution in [2.24, 2.45) is 0 Å². The molecule has 0 radical (unpaired) electrons. The molecule has 5 heterocycles. The summed E-state index contributed by atoms with van der Waals surface area (Å²) in [6.45, 7) is 2.46. The number of benzene rings is 11. The molecule has 6 heteroatoms. The van der Waals surface area contributed by atoms with E-state index in [0.717, 1.165) is 73.9 Å². The third-order valence-electron chi connectivity index (χ3n) is 17.6. The number of hydrogen-bond donors (Lipinski definition) is 0. The van der Waals surface area contributed by atoms with Gasteiger partial charge in [0, 0.05) is 70.4 Å². The Bertz CT molecular complexity index is 5230. The first-order valence-corrected chi connectivity index (χ1v) is 29.6. The first-order valence-electron chi connectivity index (χ1n) is 28.8. The van der Waals surface area contributed by atoms with E-state index in [4.69, 9.17) is 15.0 Å². The Morgan fingerprint density at radius 1 is 0.357 bits per heavy atom. The lowest BCUT2D eigenvalue weighted by Gasteiger charge is -2.28. The maximum absolute atomic E-state index is 5.57. The molecule has 5 aromatic heterocycles. The van der Waals surface area contributed by atoms with Gasteiger partial charge in [0.25, 0.3) is 0 Å². The molecule has 0 amide bonds. The van der Waals surface area contributed by atoms with Crippen LogP contribution in [0.3, 0.4) is 0 Å². The van der Waals surface area contributed by atoms with Crippen molar-refractivity contribution in [3.8, 4) is 78.9 Å². The van der Waals surface area contributed by atoms with Gasteiger partial charge in [-0.3, -0.25) is 4.57 Å². The lowest BCUT2D eigenvalue weighted by Crippen LogP contribution is -2.24. The van der Waals surface area contributed by atoms with Crippen LogP contribution in [-0.4, -0.2) is 24.1 Å². The minimum Gasteiger partial charge on any atom is -0.309 e. The minimum absolute atomic E-state index is 0.324. The molecule has 0 saturated heterocycles. The van der Waals surface area contributed by atoms with Gasteiger partial charge in [0.15, 0.2) is 5.82 Å². The Morgan fingerprint density at radius 2 is 0.940 bits per heavy atom. The normalized spacial score (nSPS) is 13.9. The number of rotatable bonds is 9. The van der Waals surface area contributed by atoms with Gasteiger partial charge in [-0.15, -0.1) is 11.3 Å². The molecule has 17 rings (SSSR count). The molecular weight excluding hydrogens is 1040 g/mol. The Balaban J connectivity index is 0.776. The van der Waals surface area contributed by atoms with E-state index in [2.05, 4.69) is 271 Å². The highest BCUT2D eigenvalue weighted by Crippen LogP contribution is 2.53. The quantitative estimate of drug-likeness (QED) is 0.145. The predicted octanol–water partition coefficient (Wildman–Crippen LogP) is 20.3. The molecule has 1 aliphatic carbocycles. The van der Waals surface area contributed by atoms with E-state index in [1.165, 1.54) is 86.1 Å². The van der Waals surface area contributed by atoms with Crippen molar-refractivity contribution in [2.45, 2.75) is 18.8 Å². The monoisotopic (exact) mass is 1090 g/mol. The Kier molecular flexibility index (Phi) is 10.9. The highest BCUT2D eigenvalue weighted by Gasteiger charge is 2.40. The maximum Gasteiger partial charge on any atom is 0.160 e. The maximum atomic E-state index is 5.57. The standard InChI is InChI=1S/C78H51N5S/c1-78(48-49-20-19-27-54(42-49)55-43-67(50-21-5-2-6-22-50)79-74(44-55)83-71-34-17-12-29-58(71)61-40-41-62-60-31-14-18-35-73(60)84-76(62)75(61)83)65-32-15-11-28-57(65)63-46-72-64(45-66(63)78)59-30-13-16-33-70(59)82(72)56-38-36-52(37-39-56)69-47-68(51-23-7-3-8-24-51)80-77(81-69)53-25-9-4-10-26-53/h2-47H,48H2,1H3/t78-/m0/s1. The number of pyridine rings is 1. The van der Waals surface area contributed by atoms with Crippen molar-refractivity contribution in [2.75, 3.05) is 0 Å². The fourth-order valence-corrected chi connectivity index (χ4v) is 14.9. The van der Waals surface area contributed by atoms with Gasteiger partial charge < -0.3 is 4.57 Å². The van der Waals surface area contributed by atoms with Crippen molar-refractivity contribution in [3.63, 3.8) is 0 Å². The van der Waals surface area contributed by atoms with E-state index in [1.54, 1.807) is 0 Å². The second kappa shape index (κ2) is 19.0. The summed E-state index contributed by atoms with van der Waals surface area (Å²) in [5, 5.41) is 7.49. The summed E-state index contributed by atoms with van der Waals surface area (Å²) in [6, 6.07) is 101. The summed E-state index contributed by atoms with van der Waals surface area (Å²) in [4.78, 5) is 15.8. The van der Waals surface area contributed by atoms with Crippen molar-refractivity contribution in [3.05, 3.63) is 296 Å². The average Bonchev–Trinajstić information content (AvgIpc) is 3.14. The number of nitrogens with zero attached hydrogens (tertiary/aromatic N) is 5. The molecule has 5 nitrogen and oxygen atoms in total. The van der Waals surface area contributed by atoms with Gasteiger partial charge in [-0.1, -0.05) is 225 Å². The summed E-state index contributed by atoms with van der Waals surface area (Å²) >= 11 is 1.87. The molecule has 0 spiro atoms. The molecule has 0 bridgehead atoms. The molecule has 0 saturated carbocycles. The Morgan fingerprint density at radius 3 is 1.68 bits per heavy atom. The summed E-state index contributed by atoms with van der Waals surface area (Å²) < 4.78 is 7.43. The molecule has 1 aliphatic rings. The van der Waals surface area contributed by atoms with E-state index >= 15 is 0 Å². The molecular formula is C78H51N5S. The van der Waals surface area contributed by atoms with E-state index in [1.807, 2.05) is 35.6 Å². The number of para-hydroxylation sites is 2. The summed E-state index contributed by atoms with van der Waals surface area (Å²) in [5.41, 5.74) is 21.2. The van der Waals surface area contributed by atoms with Crippen LogP contribution in [-0.2, 0) is 11.8 Å². The largest absolute Gasteiger partial charge is 0.309 e. The van der Waals surface area contributed by atoms with E-state index in [0.29, 0.717) is 5.82 Å². The number of thiophene rings is 1. The Labute approximate surface area is 489 Å². The molecule has 84 heavy (non-hydrogen) atoms. The van der Waals surface area contributed by atoms with Crippen LogP contribution < -0.4 is 0 Å². The van der Waals surface area contributed by atoms with Crippen LogP contribution in [0.1, 0.15) is 23.6 Å². The molecule has 1 atom stereocenters.